The Labute approximate surface area is 111 Å². The molecule has 1 aliphatic carbocycles. The molecule has 1 aliphatic rings. The number of aliphatic hydroxyl groups excluding tert-OH is 1. The Morgan fingerprint density at radius 3 is 2.16 bits per heavy atom. The van der Waals surface area contributed by atoms with Gasteiger partial charge >= 0.3 is 0 Å². The van der Waals surface area contributed by atoms with Gasteiger partial charge in [-0.25, -0.2) is 0 Å². The highest BCUT2D eigenvalue weighted by atomic mass is 16.3. The molecule has 19 heavy (non-hydrogen) atoms. The molecule has 0 spiro atoms. The van der Waals surface area contributed by atoms with Crippen LogP contribution in [0.3, 0.4) is 0 Å². The molecule has 0 saturated carbocycles. The second-order valence-electron chi connectivity index (χ2n) is 4.17. The van der Waals surface area contributed by atoms with Gasteiger partial charge in [-0.3, -0.25) is 9.59 Å². The van der Waals surface area contributed by atoms with Crippen molar-refractivity contribution in [2.75, 3.05) is 0 Å². The summed E-state index contributed by atoms with van der Waals surface area (Å²) in [5.74, 6) is -0.725. The van der Waals surface area contributed by atoms with E-state index in [2.05, 4.69) is 0 Å². The first-order valence-corrected chi connectivity index (χ1v) is 6.02. The molecule has 0 aliphatic heterocycles. The van der Waals surface area contributed by atoms with E-state index in [1.807, 2.05) is 0 Å². The minimum atomic E-state index is -0.320. The van der Waals surface area contributed by atoms with E-state index >= 15 is 0 Å². The minimum Gasteiger partial charge on any atom is -0.508 e. The number of hydrogen-bond acceptors (Lipinski definition) is 3. The number of benzene rings is 1. The lowest BCUT2D eigenvalue weighted by atomic mass is 9.83. The van der Waals surface area contributed by atoms with E-state index in [9.17, 15) is 14.7 Å². The van der Waals surface area contributed by atoms with Crippen LogP contribution in [0, 0.1) is 0 Å². The highest BCUT2D eigenvalue weighted by Crippen LogP contribution is 2.30. The van der Waals surface area contributed by atoms with E-state index in [4.69, 9.17) is 0 Å². The van der Waals surface area contributed by atoms with Gasteiger partial charge in [0.1, 0.15) is 5.76 Å². The molecule has 0 aromatic heterocycles. The van der Waals surface area contributed by atoms with Gasteiger partial charge in [-0.05, 0) is 19.9 Å². The molecule has 96 valence electrons. The maximum atomic E-state index is 12.4. The lowest BCUT2D eigenvalue weighted by Crippen LogP contribution is -2.22. The second-order valence-corrected chi connectivity index (χ2v) is 4.17. The highest BCUT2D eigenvalue weighted by Gasteiger charge is 2.32. The fraction of sp³-hybridized carbons (Fsp3) is 0.125. The molecule has 0 heterocycles. The van der Waals surface area contributed by atoms with Gasteiger partial charge in [-0.1, -0.05) is 36.4 Å². The number of ketones is 2. The molecule has 0 radical (unpaired) electrons. The third-order valence-electron chi connectivity index (χ3n) is 3.02. The van der Waals surface area contributed by atoms with Crippen LogP contribution in [0.4, 0.5) is 0 Å². The van der Waals surface area contributed by atoms with Crippen molar-refractivity contribution in [3.63, 3.8) is 0 Å². The normalized spacial score (nSPS) is 16.2. The van der Waals surface area contributed by atoms with Crippen molar-refractivity contribution in [2.45, 2.75) is 13.8 Å². The zero-order valence-corrected chi connectivity index (χ0v) is 10.8. The number of Topliss-reactive ketones (excluding diaryl/α,β-unsaturated/α-hetero) is 2. The fourth-order valence-electron chi connectivity index (χ4n) is 2.12. The van der Waals surface area contributed by atoms with Gasteiger partial charge in [0.05, 0.1) is 5.57 Å². The molecule has 1 N–H and O–H groups in total. The predicted octanol–water partition coefficient (Wildman–Crippen LogP) is 3.40. The van der Waals surface area contributed by atoms with E-state index < -0.39 is 0 Å². The third kappa shape index (κ3) is 2.03. The summed E-state index contributed by atoms with van der Waals surface area (Å²) in [6.45, 7) is 3.38. The van der Waals surface area contributed by atoms with Crippen molar-refractivity contribution in [3.05, 3.63) is 70.5 Å². The third-order valence-corrected chi connectivity index (χ3v) is 3.02. The predicted molar refractivity (Wildman–Crippen MR) is 73.3 cm³/mol. The number of hydrogen-bond donors (Lipinski definition) is 1. The first-order chi connectivity index (χ1) is 9.11. The number of aliphatic hydroxyl groups is 1. The quantitative estimate of drug-likeness (QED) is 0.823. The maximum absolute atomic E-state index is 12.4. The summed E-state index contributed by atoms with van der Waals surface area (Å²) in [5, 5.41) is 9.89. The van der Waals surface area contributed by atoms with Crippen molar-refractivity contribution < 1.29 is 14.7 Å². The summed E-state index contributed by atoms with van der Waals surface area (Å²) in [4.78, 5) is 24.8. The first-order valence-electron chi connectivity index (χ1n) is 6.02. The molecule has 1 aromatic carbocycles. The number of carbonyl (C=O) groups excluding carboxylic acids is 2. The van der Waals surface area contributed by atoms with Crippen molar-refractivity contribution in [1.82, 2.24) is 0 Å². The van der Waals surface area contributed by atoms with Crippen molar-refractivity contribution in [1.29, 1.82) is 0 Å². The molecule has 0 unspecified atom stereocenters. The van der Waals surface area contributed by atoms with Crippen LogP contribution in [-0.2, 0) is 0 Å². The molecular formula is C16H14O3. The molecular weight excluding hydrogens is 240 g/mol. The van der Waals surface area contributed by atoms with Crippen LogP contribution in [0.1, 0.15) is 34.6 Å². The average Bonchev–Trinajstić information content (AvgIpc) is 2.44. The van der Waals surface area contributed by atoms with Crippen molar-refractivity contribution in [2.24, 2.45) is 0 Å². The smallest absolute Gasteiger partial charge is 0.198 e. The monoisotopic (exact) mass is 254 g/mol. The molecule has 0 fully saturated rings. The lowest BCUT2D eigenvalue weighted by Gasteiger charge is -2.18. The zero-order valence-electron chi connectivity index (χ0n) is 10.8. The standard InChI is InChI=1S/C16H14O3/c1-3-7-12-14(13(17)4-2)16(19)11-9-6-5-8-10(11)15(12)18/h3-9,17H,1-2H3/b7-3-,13-4+. The van der Waals surface area contributed by atoms with E-state index in [0.29, 0.717) is 11.1 Å². The summed E-state index contributed by atoms with van der Waals surface area (Å²) < 4.78 is 0. The fourth-order valence-corrected chi connectivity index (χ4v) is 2.12. The van der Waals surface area contributed by atoms with Gasteiger partial charge in [0.2, 0.25) is 0 Å². The molecule has 0 atom stereocenters. The van der Waals surface area contributed by atoms with Gasteiger partial charge in [-0.15, -0.1) is 0 Å². The van der Waals surface area contributed by atoms with E-state index in [-0.39, 0.29) is 28.5 Å². The molecule has 0 bridgehead atoms. The van der Waals surface area contributed by atoms with Crippen LogP contribution in [-0.4, -0.2) is 16.7 Å². The summed E-state index contributed by atoms with van der Waals surface area (Å²) in [7, 11) is 0. The number of fused-ring (bicyclic) bond motifs is 1. The van der Waals surface area contributed by atoms with Crippen molar-refractivity contribution >= 4 is 11.6 Å². The largest absolute Gasteiger partial charge is 0.508 e. The van der Waals surface area contributed by atoms with Crippen molar-refractivity contribution in [3.8, 4) is 0 Å². The second kappa shape index (κ2) is 5.06. The average molecular weight is 254 g/mol. The summed E-state index contributed by atoms with van der Waals surface area (Å²) in [5.41, 5.74) is 1.03. The zero-order chi connectivity index (χ0) is 14.0. The van der Waals surface area contributed by atoms with Crippen LogP contribution >= 0.6 is 0 Å². The Kier molecular flexibility index (Phi) is 3.47. The Balaban J connectivity index is 2.76. The van der Waals surface area contributed by atoms with Gasteiger partial charge in [0.25, 0.3) is 0 Å². The number of allylic oxidation sites excluding steroid dienone is 5. The number of carbonyl (C=O) groups is 2. The Morgan fingerprint density at radius 2 is 1.63 bits per heavy atom. The molecule has 1 aromatic rings. The van der Waals surface area contributed by atoms with Crippen LogP contribution in [0.25, 0.3) is 0 Å². The minimum absolute atomic E-state index is 0.0734. The summed E-state index contributed by atoms with van der Waals surface area (Å²) in [6, 6.07) is 6.65. The van der Waals surface area contributed by atoms with Crippen LogP contribution in [0.2, 0.25) is 0 Å². The van der Waals surface area contributed by atoms with Gasteiger partial charge in [0.15, 0.2) is 11.6 Å². The molecule has 3 heteroatoms. The van der Waals surface area contributed by atoms with E-state index in [1.54, 1.807) is 50.3 Å². The van der Waals surface area contributed by atoms with Gasteiger partial charge in [-0.2, -0.15) is 0 Å². The lowest BCUT2D eigenvalue weighted by molar-refractivity contribution is 0.0974. The van der Waals surface area contributed by atoms with Gasteiger partial charge < -0.3 is 5.11 Å². The molecule has 0 amide bonds. The van der Waals surface area contributed by atoms with E-state index in [0.717, 1.165) is 0 Å². The maximum Gasteiger partial charge on any atom is 0.198 e. The van der Waals surface area contributed by atoms with Crippen LogP contribution in [0.15, 0.2) is 59.4 Å². The van der Waals surface area contributed by atoms with E-state index in [1.165, 1.54) is 6.08 Å². The molecule has 3 nitrogen and oxygen atoms in total. The Bertz CT molecular complexity index is 646. The highest BCUT2D eigenvalue weighted by molar-refractivity contribution is 6.29. The SMILES string of the molecule is C/C=C\C1=C(C(/O)=C\C)C(=O)c2ccccc2C1=O. The van der Waals surface area contributed by atoms with Crippen LogP contribution in [0.5, 0.6) is 0 Å². The number of rotatable bonds is 2. The summed E-state index contributed by atoms with van der Waals surface area (Å²) >= 11 is 0. The first kappa shape index (κ1) is 13.0. The van der Waals surface area contributed by atoms with Crippen LogP contribution < -0.4 is 0 Å². The topological polar surface area (TPSA) is 54.4 Å². The molecule has 0 saturated heterocycles. The Hall–Kier alpha value is -2.42. The molecule has 2 rings (SSSR count). The Morgan fingerprint density at radius 1 is 1.05 bits per heavy atom. The summed E-state index contributed by atoms with van der Waals surface area (Å²) in [6.07, 6.45) is 4.65. The van der Waals surface area contributed by atoms with Gasteiger partial charge in [0, 0.05) is 16.7 Å².